The second kappa shape index (κ2) is 4.94. The second-order valence-corrected chi connectivity index (χ2v) is 3.84. The van der Waals surface area contributed by atoms with Crippen molar-refractivity contribution in [3.8, 4) is 0 Å². The molecule has 1 aromatic heterocycles. The summed E-state index contributed by atoms with van der Waals surface area (Å²) in [5.41, 5.74) is 1.10. The quantitative estimate of drug-likeness (QED) is 0.788. The van der Waals surface area contributed by atoms with Crippen LogP contribution in [-0.4, -0.2) is 18.2 Å². The zero-order valence-corrected chi connectivity index (χ0v) is 9.44. The molecule has 2 rings (SSSR count). The number of fused-ring (bicyclic) bond motifs is 1. The van der Waals surface area contributed by atoms with Gasteiger partial charge in [-0.3, -0.25) is 4.79 Å². The highest BCUT2D eigenvalue weighted by Gasteiger charge is 2.01. The van der Waals surface area contributed by atoms with Crippen LogP contribution in [-0.2, 0) is 6.54 Å². The number of hydrogen-bond acceptors (Lipinski definition) is 2. The van der Waals surface area contributed by atoms with E-state index in [0.717, 1.165) is 30.4 Å². The Balaban J connectivity index is 2.41. The molecule has 2 aromatic rings. The Morgan fingerprint density at radius 1 is 1.19 bits per heavy atom. The van der Waals surface area contributed by atoms with Gasteiger partial charge in [0.2, 0.25) is 0 Å². The summed E-state index contributed by atoms with van der Waals surface area (Å²) in [5, 5.41) is 4.21. The Morgan fingerprint density at radius 3 is 2.81 bits per heavy atom. The third-order valence-corrected chi connectivity index (χ3v) is 2.71. The van der Waals surface area contributed by atoms with Crippen molar-refractivity contribution in [2.24, 2.45) is 0 Å². The van der Waals surface area contributed by atoms with E-state index in [9.17, 15) is 4.79 Å². The van der Waals surface area contributed by atoms with E-state index in [1.165, 1.54) is 0 Å². The first kappa shape index (κ1) is 10.9. The van der Waals surface area contributed by atoms with Crippen LogP contribution in [0.2, 0.25) is 0 Å². The number of hydrogen-bond donors (Lipinski definition) is 1. The van der Waals surface area contributed by atoms with Gasteiger partial charge < -0.3 is 9.88 Å². The summed E-state index contributed by atoms with van der Waals surface area (Å²) in [5.74, 6) is 0. The molecule has 0 saturated heterocycles. The SMILES string of the molecule is CNCCCn1c(=O)ccc2ccccc21. The molecule has 0 unspecified atom stereocenters. The first-order valence-electron chi connectivity index (χ1n) is 5.56. The van der Waals surface area contributed by atoms with Crippen molar-refractivity contribution in [2.45, 2.75) is 13.0 Å². The molecule has 0 atom stereocenters. The molecule has 0 spiro atoms. The summed E-state index contributed by atoms with van der Waals surface area (Å²) >= 11 is 0. The van der Waals surface area contributed by atoms with E-state index in [0.29, 0.717) is 0 Å². The van der Waals surface area contributed by atoms with E-state index >= 15 is 0 Å². The van der Waals surface area contributed by atoms with E-state index in [1.54, 1.807) is 6.07 Å². The standard InChI is InChI=1S/C13H16N2O/c1-14-9-4-10-15-12-6-3-2-5-11(12)7-8-13(15)16/h2-3,5-8,14H,4,9-10H2,1H3. The van der Waals surface area contributed by atoms with Gasteiger partial charge in [0.1, 0.15) is 0 Å². The minimum absolute atomic E-state index is 0.0785. The minimum atomic E-state index is 0.0785. The lowest BCUT2D eigenvalue weighted by Crippen LogP contribution is -2.21. The molecule has 1 N–H and O–H groups in total. The highest BCUT2D eigenvalue weighted by molar-refractivity contribution is 5.78. The maximum absolute atomic E-state index is 11.8. The molecule has 0 bridgehead atoms. The van der Waals surface area contributed by atoms with Gasteiger partial charge in [0.05, 0.1) is 5.52 Å². The zero-order valence-electron chi connectivity index (χ0n) is 9.44. The highest BCUT2D eigenvalue weighted by Crippen LogP contribution is 2.10. The largest absolute Gasteiger partial charge is 0.320 e. The predicted molar refractivity (Wildman–Crippen MR) is 66.8 cm³/mol. The van der Waals surface area contributed by atoms with Crippen LogP contribution in [0.15, 0.2) is 41.2 Å². The Morgan fingerprint density at radius 2 is 2.00 bits per heavy atom. The third-order valence-electron chi connectivity index (χ3n) is 2.71. The van der Waals surface area contributed by atoms with Crippen molar-refractivity contribution in [1.82, 2.24) is 9.88 Å². The summed E-state index contributed by atoms with van der Waals surface area (Å²) in [4.78, 5) is 11.8. The van der Waals surface area contributed by atoms with E-state index in [2.05, 4.69) is 5.32 Å². The molecule has 3 heteroatoms. The topological polar surface area (TPSA) is 34.0 Å². The average Bonchev–Trinajstić information content (AvgIpc) is 2.32. The van der Waals surface area contributed by atoms with Gasteiger partial charge in [-0.05, 0) is 37.5 Å². The molecule has 3 nitrogen and oxygen atoms in total. The Labute approximate surface area is 94.7 Å². The number of nitrogens with one attached hydrogen (secondary N) is 1. The summed E-state index contributed by atoms with van der Waals surface area (Å²) in [6, 6.07) is 11.5. The van der Waals surface area contributed by atoms with Gasteiger partial charge in [0.25, 0.3) is 5.56 Å². The summed E-state index contributed by atoms with van der Waals surface area (Å²) in [7, 11) is 1.92. The highest BCUT2D eigenvalue weighted by atomic mass is 16.1. The lowest BCUT2D eigenvalue weighted by Gasteiger charge is -2.09. The summed E-state index contributed by atoms with van der Waals surface area (Å²) in [6.45, 7) is 1.69. The van der Waals surface area contributed by atoms with Gasteiger partial charge in [0, 0.05) is 12.6 Å². The molecule has 0 aliphatic heterocycles. The maximum Gasteiger partial charge on any atom is 0.251 e. The second-order valence-electron chi connectivity index (χ2n) is 3.84. The average molecular weight is 216 g/mol. The van der Waals surface area contributed by atoms with Crippen molar-refractivity contribution < 1.29 is 0 Å². The first-order valence-corrected chi connectivity index (χ1v) is 5.56. The lowest BCUT2D eigenvalue weighted by molar-refractivity contribution is 0.613. The predicted octanol–water partition coefficient (Wildman–Crippen LogP) is 1.61. The van der Waals surface area contributed by atoms with E-state index in [1.807, 2.05) is 41.9 Å². The van der Waals surface area contributed by atoms with Gasteiger partial charge in [-0.2, -0.15) is 0 Å². The Bertz CT molecular complexity index is 531. The zero-order chi connectivity index (χ0) is 11.4. The van der Waals surface area contributed by atoms with Gasteiger partial charge in [-0.25, -0.2) is 0 Å². The number of rotatable bonds is 4. The fourth-order valence-corrected chi connectivity index (χ4v) is 1.89. The molecule has 1 heterocycles. The van der Waals surface area contributed by atoms with Crippen molar-refractivity contribution >= 4 is 10.9 Å². The first-order chi connectivity index (χ1) is 7.83. The van der Waals surface area contributed by atoms with E-state index in [-0.39, 0.29) is 5.56 Å². The number of benzene rings is 1. The molecule has 0 saturated carbocycles. The van der Waals surface area contributed by atoms with Crippen LogP contribution in [0.3, 0.4) is 0 Å². The molecular formula is C13H16N2O. The van der Waals surface area contributed by atoms with Gasteiger partial charge >= 0.3 is 0 Å². The molecule has 0 amide bonds. The fraction of sp³-hybridized carbons (Fsp3) is 0.308. The number of aryl methyl sites for hydroxylation is 1. The van der Waals surface area contributed by atoms with E-state index in [4.69, 9.17) is 0 Å². The minimum Gasteiger partial charge on any atom is -0.320 e. The number of nitrogens with zero attached hydrogens (tertiary/aromatic N) is 1. The van der Waals surface area contributed by atoms with Crippen molar-refractivity contribution in [3.63, 3.8) is 0 Å². The number of para-hydroxylation sites is 1. The lowest BCUT2D eigenvalue weighted by atomic mass is 10.2. The molecule has 1 aromatic carbocycles. The van der Waals surface area contributed by atoms with Gasteiger partial charge in [-0.1, -0.05) is 18.2 Å². The molecular weight excluding hydrogens is 200 g/mol. The third kappa shape index (κ3) is 2.14. The summed E-state index contributed by atoms with van der Waals surface area (Å²) in [6.07, 6.45) is 0.963. The van der Waals surface area contributed by atoms with Crippen molar-refractivity contribution in [3.05, 3.63) is 46.8 Å². The Kier molecular flexibility index (Phi) is 3.37. The van der Waals surface area contributed by atoms with Crippen molar-refractivity contribution in [1.29, 1.82) is 0 Å². The van der Waals surface area contributed by atoms with Crippen LogP contribution >= 0.6 is 0 Å². The molecule has 16 heavy (non-hydrogen) atoms. The fourth-order valence-electron chi connectivity index (χ4n) is 1.89. The van der Waals surface area contributed by atoms with Crippen LogP contribution in [0.4, 0.5) is 0 Å². The van der Waals surface area contributed by atoms with Crippen LogP contribution in [0.25, 0.3) is 10.9 Å². The van der Waals surface area contributed by atoms with E-state index < -0.39 is 0 Å². The normalized spacial score (nSPS) is 10.8. The summed E-state index contributed by atoms with van der Waals surface area (Å²) < 4.78 is 1.84. The smallest absolute Gasteiger partial charge is 0.251 e. The van der Waals surface area contributed by atoms with Crippen molar-refractivity contribution in [2.75, 3.05) is 13.6 Å². The van der Waals surface area contributed by atoms with Crippen LogP contribution in [0.5, 0.6) is 0 Å². The van der Waals surface area contributed by atoms with Crippen LogP contribution < -0.4 is 10.9 Å². The molecule has 0 aliphatic carbocycles. The van der Waals surface area contributed by atoms with Gasteiger partial charge in [0.15, 0.2) is 0 Å². The van der Waals surface area contributed by atoms with Crippen LogP contribution in [0.1, 0.15) is 6.42 Å². The number of pyridine rings is 1. The van der Waals surface area contributed by atoms with Crippen LogP contribution in [0, 0.1) is 0 Å². The molecule has 0 radical (unpaired) electrons. The Hall–Kier alpha value is -1.61. The molecule has 84 valence electrons. The maximum atomic E-state index is 11.8. The van der Waals surface area contributed by atoms with Gasteiger partial charge in [-0.15, -0.1) is 0 Å². The molecule has 0 aliphatic rings. The molecule has 0 fully saturated rings. The number of aromatic nitrogens is 1. The monoisotopic (exact) mass is 216 g/mol.